The van der Waals surface area contributed by atoms with Crippen LogP contribution >= 0.6 is 51.3 Å². The molecule has 30 heavy (non-hydrogen) atoms. The predicted molar refractivity (Wildman–Crippen MR) is 131 cm³/mol. The maximum atomic E-state index is 6.33. The Morgan fingerprint density at radius 3 is 2.63 bits per heavy atom. The van der Waals surface area contributed by atoms with Crippen molar-refractivity contribution in [2.75, 3.05) is 12.4 Å². The van der Waals surface area contributed by atoms with Crippen LogP contribution < -0.4 is 5.32 Å². The lowest BCUT2D eigenvalue weighted by Crippen LogP contribution is -2.31. The Balaban J connectivity index is 1.73. The highest BCUT2D eigenvalue weighted by atomic mass is 79.9. The minimum atomic E-state index is 0.550. The van der Waals surface area contributed by atoms with Crippen LogP contribution in [0.1, 0.15) is 29.6 Å². The van der Waals surface area contributed by atoms with E-state index in [4.69, 9.17) is 35.4 Å². The van der Waals surface area contributed by atoms with Crippen LogP contribution in [-0.4, -0.2) is 36.6 Å². The van der Waals surface area contributed by atoms with Gasteiger partial charge in [0, 0.05) is 29.8 Å². The molecule has 0 bridgehead atoms. The Kier molecular flexibility index (Phi) is 7.44. The molecule has 3 rings (SSSR count). The highest BCUT2D eigenvalue weighted by Gasteiger charge is 2.17. The van der Waals surface area contributed by atoms with Gasteiger partial charge in [0.2, 0.25) is 0 Å². The highest BCUT2D eigenvalue weighted by Crippen LogP contribution is 2.25. The number of aromatic nitrogens is 4. The van der Waals surface area contributed by atoms with Crippen LogP contribution in [0.2, 0.25) is 10.0 Å². The number of anilines is 1. The van der Waals surface area contributed by atoms with Crippen molar-refractivity contribution in [3.05, 3.63) is 61.6 Å². The van der Waals surface area contributed by atoms with Gasteiger partial charge in [-0.15, -0.1) is 0 Å². The topological polar surface area (TPSA) is 50.9 Å². The van der Waals surface area contributed by atoms with Crippen molar-refractivity contribution in [3.8, 4) is 0 Å². The largest absolute Gasteiger partial charge is 0.346 e. The monoisotopic (exact) mass is 528 g/mol. The van der Waals surface area contributed by atoms with Crippen LogP contribution in [-0.2, 0) is 19.6 Å². The van der Waals surface area contributed by atoms with Crippen molar-refractivity contribution < 1.29 is 0 Å². The summed E-state index contributed by atoms with van der Waals surface area (Å²) in [6.45, 7) is 7.98. The number of hydrogen-bond donors (Lipinski definition) is 1. The summed E-state index contributed by atoms with van der Waals surface area (Å²) in [6, 6.07) is 5.49. The molecular formula is C20H23BrCl2N6S. The number of nitrogens with one attached hydrogen (secondary N) is 1. The summed E-state index contributed by atoms with van der Waals surface area (Å²) in [5, 5.41) is 14.4. The number of rotatable bonds is 6. The molecule has 0 aliphatic carbocycles. The lowest BCUT2D eigenvalue weighted by Gasteiger charge is -2.20. The van der Waals surface area contributed by atoms with Crippen molar-refractivity contribution in [1.82, 2.24) is 24.5 Å². The Morgan fingerprint density at radius 2 is 2.00 bits per heavy atom. The molecule has 0 fully saturated rings. The molecule has 0 aliphatic rings. The minimum absolute atomic E-state index is 0.550. The Bertz CT molecular complexity index is 1080. The molecule has 6 nitrogen and oxygen atoms in total. The van der Waals surface area contributed by atoms with Crippen molar-refractivity contribution in [2.24, 2.45) is 0 Å². The molecule has 0 unspecified atom stereocenters. The van der Waals surface area contributed by atoms with Gasteiger partial charge in [0.05, 0.1) is 40.3 Å². The van der Waals surface area contributed by atoms with E-state index in [9.17, 15) is 0 Å². The fourth-order valence-corrected chi connectivity index (χ4v) is 4.12. The predicted octanol–water partition coefficient (Wildman–Crippen LogP) is 5.66. The fourth-order valence-electron chi connectivity index (χ4n) is 3.05. The summed E-state index contributed by atoms with van der Waals surface area (Å²) in [6.07, 6.45) is 1.97. The van der Waals surface area contributed by atoms with Crippen LogP contribution in [0.25, 0.3) is 0 Å². The molecular weight excluding hydrogens is 507 g/mol. The third kappa shape index (κ3) is 5.17. The van der Waals surface area contributed by atoms with E-state index in [1.165, 1.54) is 0 Å². The normalized spacial score (nSPS) is 11.0. The SMILES string of the molecule is CCn1cc(Br)c(CN(C)C(=S)Nc2c(C)nn(Cc3ccc(Cl)cc3Cl)c2C)n1. The first-order valence-corrected chi connectivity index (χ1v) is 11.4. The number of benzene rings is 1. The maximum Gasteiger partial charge on any atom is 0.173 e. The van der Waals surface area contributed by atoms with E-state index in [0.717, 1.165) is 39.4 Å². The van der Waals surface area contributed by atoms with Crippen molar-refractivity contribution in [1.29, 1.82) is 0 Å². The number of aryl methyl sites for hydroxylation is 2. The van der Waals surface area contributed by atoms with Crippen molar-refractivity contribution in [3.63, 3.8) is 0 Å². The highest BCUT2D eigenvalue weighted by molar-refractivity contribution is 9.10. The summed E-state index contributed by atoms with van der Waals surface area (Å²) < 4.78 is 4.78. The zero-order valence-corrected chi connectivity index (χ0v) is 21.1. The third-order valence-electron chi connectivity index (χ3n) is 4.79. The van der Waals surface area contributed by atoms with Gasteiger partial charge < -0.3 is 10.2 Å². The third-order valence-corrected chi connectivity index (χ3v) is 6.46. The lowest BCUT2D eigenvalue weighted by atomic mass is 10.2. The summed E-state index contributed by atoms with van der Waals surface area (Å²) in [4.78, 5) is 1.95. The first kappa shape index (κ1) is 23.1. The molecule has 3 aromatic rings. The number of hydrogen-bond acceptors (Lipinski definition) is 3. The van der Waals surface area contributed by atoms with Crippen molar-refractivity contribution in [2.45, 2.75) is 40.4 Å². The molecule has 1 N–H and O–H groups in total. The van der Waals surface area contributed by atoms with Gasteiger partial charge in [0.25, 0.3) is 0 Å². The van der Waals surface area contributed by atoms with Gasteiger partial charge in [0.1, 0.15) is 0 Å². The van der Waals surface area contributed by atoms with Gasteiger partial charge in [-0.05, 0) is 66.6 Å². The number of nitrogens with zero attached hydrogens (tertiary/aromatic N) is 5. The van der Waals surface area contributed by atoms with E-state index in [1.807, 2.05) is 53.5 Å². The zero-order chi connectivity index (χ0) is 22.0. The summed E-state index contributed by atoms with van der Waals surface area (Å²) >= 11 is 21.5. The van der Waals surface area contributed by atoms with Crippen LogP contribution in [0, 0.1) is 13.8 Å². The van der Waals surface area contributed by atoms with Crippen LogP contribution in [0.5, 0.6) is 0 Å². The molecule has 0 aliphatic heterocycles. The van der Waals surface area contributed by atoms with E-state index in [-0.39, 0.29) is 0 Å². The second kappa shape index (κ2) is 9.68. The smallest absolute Gasteiger partial charge is 0.173 e. The first-order valence-electron chi connectivity index (χ1n) is 9.41. The van der Waals surface area contributed by atoms with E-state index >= 15 is 0 Å². The average molecular weight is 530 g/mol. The molecule has 1 aromatic carbocycles. The number of halogens is 3. The Labute approximate surface area is 200 Å². The van der Waals surface area contributed by atoms with E-state index in [2.05, 4.69) is 38.4 Å². The van der Waals surface area contributed by atoms with Gasteiger partial charge in [0.15, 0.2) is 5.11 Å². The van der Waals surface area contributed by atoms with E-state index in [1.54, 1.807) is 6.07 Å². The van der Waals surface area contributed by atoms with E-state index < -0.39 is 0 Å². The number of thiocarbonyl (C=S) groups is 1. The molecule has 160 valence electrons. The zero-order valence-electron chi connectivity index (χ0n) is 17.2. The van der Waals surface area contributed by atoms with Crippen LogP contribution in [0.15, 0.2) is 28.9 Å². The molecule has 0 saturated carbocycles. The van der Waals surface area contributed by atoms with Crippen molar-refractivity contribution >= 4 is 62.1 Å². The maximum absolute atomic E-state index is 6.33. The first-order chi connectivity index (χ1) is 14.2. The molecule has 0 atom stereocenters. The van der Waals surface area contributed by atoms with Gasteiger partial charge in [-0.1, -0.05) is 29.3 Å². The molecule has 0 saturated heterocycles. The fraction of sp³-hybridized carbons (Fsp3) is 0.350. The van der Waals surface area contributed by atoms with E-state index in [0.29, 0.717) is 28.2 Å². The standard InChI is InChI=1S/C20H23BrCl2N6S/c1-5-28-10-16(21)18(26-28)11-27(4)20(30)24-19-12(2)25-29(13(19)3)9-14-6-7-15(22)8-17(14)23/h6-8,10H,5,9,11H2,1-4H3,(H,24,30). The summed E-state index contributed by atoms with van der Waals surface area (Å²) in [5.41, 5.74) is 4.63. The molecule has 10 heteroatoms. The molecule has 0 spiro atoms. The summed E-state index contributed by atoms with van der Waals surface area (Å²) in [5.74, 6) is 0. The van der Waals surface area contributed by atoms with Gasteiger partial charge in [-0.2, -0.15) is 10.2 Å². The van der Waals surface area contributed by atoms with Crippen LogP contribution in [0.4, 0.5) is 5.69 Å². The Hall–Kier alpha value is -1.61. The quantitative estimate of drug-likeness (QED) is 0.417. The van der Waals surface area contributed by atoms with Gasteiger partial charge >= 0.3 is 0 Å². The van der Waals surface area contributed by atoms with Gasteiger partial charge in [-0.3, -0.25) is 9.36 Å². The molecule has 2 heterocycles. The molecule has 0 radical (unpaired) electrons. The molecule has 0 amide bonds. The Morgan fingerprint density at radius 1 is 1.27 bits per heavy atom. The average Bonchev–Trinajstić information content (AvgIpc) is 3.17. The second-order valence-electron chi connectivity index (χ2n) is 7.00. The summed E-state index contributed by atoms with van der Waals surface area (Å²) in [7, 11) is 1.94. The second-order valence-corrected chi connectivity index (χ2v) is 9.09. The van der Waals surface area contributed by atoms with Crippen LogP contribution in [0.3, 0.4) is 0 Å². The molecule has 2 aromatic heterocycles. The minimum Gasteiger partial charge on any atom is -0.346 e. The van der Waals surface area contributed by atoms with Gasteiger partial charge in [-0.25, -0.2) is 0 Å². The lowest BCUT2D eigenvalue weighted by molar-refractivity contribution is 0.491.